The second-order valence-electron chi connectivity index (χ2n) is 5.24. The fourth-order valence-electron chi connectivity index (χ4n) is 2.27. The highest BCUT2D eigenvalue weighted by Crippen LogP contribution is 2.34. The molecule has 0 amide bonds. The van der Waals surface area contributed by atoms with Crippen LogP contribution in [0.5, 0.6) is 0 Å². The van der Waals surface area contributed by atoms with Crippen LogP contribution in [0.25, 0.3) is 0 Å². The topological polar surface area (TPSA) is 29.3 Å². The van der Waals surface area contributed by atoms with Crippen LogP contribution in [0.3, 0.4) is 0 Å². The molecule has 0 unspecified atom stereocenters. The summed E-state index contributed by atoms with van der Waals surface area (Å²) in [6.07, 6.45) is -0.357. The van der Waals surface area contributed by atoms with Gasteiger partial charge in [-0.15, -0.1) is 0 Å². The van der Waals surface area contributed by atoms with Crippen LogP contribution in [-0.4, -0.2) is 13.1 Å². The van der Waals surface area contributed by atoms with Gasteiger partial charge in [-0.25, -0.2) is 0 Å². The smallest absolute Gasteiger partial charge is 0.372 e. The summed E-state index contributed by atoms with van der Waals surface area (Å²) in [5, 5.41) is 0. The Balaban J connectivity index is 3.07. The Kier molecular flexibility index (Phi) is 7.02. The van der Waals surface area contributed by atoms with Crippen molar-refractivity contribution in [2.24, 2.45) is 5.73 Å². The van der Waals surface area contributed by atoms with E-state index in [1.807, 2.05) is 4.90 Å². The van der Waals surface area contributed by atoms with Crippen LogP contribution in [0.15, 0.2) is 18.2 Å². The average molecular weight is 302 g/mol. The van der Waals surface area contributed by atoms with Crippen molar-refractivity contribution in [1.82, 2.24) is 0 Å². The van der Waals surface area contributed by atoms with Crippen molar-refractivity contribution in [3.05, 3.63) is 29.3 Å². The fourth-order valence-corrected chi connectivity index (χ4v) is 2.27. The summed E-state index contributed by atoms with van der Waals surface area (Å²) in [4.78, 5) is 2.04. The highest BCUT2D eigenvalue weighted by atomic mass is 19.4. The van der Waals surface area contributed by atoms with E-state index in [1.54, 1.807) is 6.07 Å². The van der Waals surface area contributed by atoms with Gasteiger partial charge in [0.05, 0.1) is 5.56 Å². The minimum Gasteiger partial charge on any atom is -0.372 e. The molecule has 0 heterocycles. The average Bonchev–Trinajstić information content (AvgIpc) is 2.46. The number of hydrogen-bond donors (Lipinski definition) is 1. The van der Waals surface area contributed by atoms with Crippen LogP contribution in [0.2, 0.25) is 0 Å². The summed E-state index contributed by atoms with van der Waals surface area (Å²) in [6.45, 7) is 5.64. The SMILES string of the molecule is CCCCN(CCCC)c1ccc(CN)c(C(F)(F)F)c1. The molecule has 0 bridgehead atoms. The van der Waals surface area contributed by atoms with Gasteiger partial charge in [0.15, 0.2) is 0 Å². The number of nitrogens with two attached hydrogens (primary N) is 1. The van der Waals surface area contributed by atoms with Crippen LogP contribution in [0.1, 0.15) is 50.7 Å². The molecule has 0 radical (unpaired) electrons. The maximum atomic E-state index is 13.1. The van der Waals surface area contributed by atoms with E-state index in [-0.39, 0.29) is 12.1 Å². The lowest BCUT2D eigenvalue weighted by molar-refractivity contribution is -0.138. The number of hydrogen-bond acceptors (Lipinski definition) is 2. The van der Waals surface area contributed by atoms with Gasteiger partial charge in [0.1, 0.15) is 0 Å². The Labute approximate surface area is 125 Å². The van der Waals surface area contributed by atoms with Gasteiger partial charge in [-0.2, -0.15) is 13.2 Å². The number of unbranched alkanes of at least 4 members (excludes halogenated alkanes) is 2. The number of halogens is 3. The molecule has 1 rings (SSSR count). The molecule has 0 saturated carbocycles. The molecule has 5 heteroatoms. The molecule has 0 spiro atoms. The molecule has 1 aromatic rings. The molecule has 0 atom stereocenters. The third-order valence-corrected chi connectivity index (χ3v) is 3.55. The van der Waals surface area contributed by atoms with Crippen LogP contribution < -0.4 is 10.6 Å². The molecule has 0 aliphatic heterocycles. The van der Waals surface area contributed by atoms with E-state index in [0.29, 0.717) is 5.69 Å². The largest absolute Gasteiger partial charge is 0.416 e. The first-order valence-electron chi connectivity index (χ1n) is 7.59. The van der Waals surface area contributed by atoms with Crippen LogP contribution in [-0.2, 0) is 12.7 Å². The van der Waals surface area contributed by atoms with Crippen LogP contribution >= 0.6 is 0 Å². The summed E-state index contributed by atoms with van der Waals surface area (Å²) in [7, 11) is 0. The summed E-state index contributed by atoms with van der Waals surface area (Å²) in [5.74, 6) is 0. The monoisotopic (exact) mass is 302 g/mol. The molecule has 120 valence electrons. The molecule has 0 aliphatic carbocycles. The van der Waals surface area contributed by atoms with Crippen LogP contribution in [0, 0.1) is 0 Å². The second-order valence-corrected chi connectivity index (χ2v) is 5.24. The van der Waals surface area contributed by atoms with Crippen molar-refractivity contribution >= 4 is 5.69 Å². The van der Waals surface area contributed by atoms with E-state index < -0.39 is 11.7 Å². The lowest BCUT2D eigenvalue weighted by atomic mass is 10.1. The molecule has 0 aromatic heterocycles. The Morgan fingerprint density at radius 1 is 1.05 bits per heavy atom. The fraction of sp³-hybridized carbons (Fsp3) is 0.625. The quantitative estimate of drug-likeness (QED) is 0.762. The first-order chi connectivity index (χ1) is 9.93. The Morgan fingerprint density at radius 2 is 1.62 bits per heavy atom. The van der Waals surface area contributed by atoms with Crippen molar-refractivity contribution < 1.29 is 13.2 Å². The third kappa shape index (κ3) is 5.23. The number of nitrogens with zero attached hydrogens (tertiary/aromatic N) is 1. The molecular formula is C16H25F3N2. The zero-order valence-corrected chi connectivity index (χ0v) is 12.8. The Morgan fingerprint density at radius 3 is 2.05 bits per heavy atom. The minimum atomic E-state index is -4.36. The summed E-state index contributed by atoms with van der Waals surface area (Å²) >= 11 is 0. The lowest BCUT2D eigenvalue weighted by Crippen LogP contribution is -2.26. The van der Waals surface area contributed by atoms with E-state index >= 15 is 0 Å². The maximum Gasteiger partial charge on any atom is 0.416 e. The Hall–Kier alpha value is -1.23. The van der Waals surface area contributed by atoms with Gasteiger partial charge in [-0.05, 0) is 30.5 Å². The minimum absolute atomic E-state index is 0.0982. The number of benzene rings is 1. The van der Waals surface area contributed by atoms with Gasteiger partial charge in [-0.3, -0.25) is 0 Å². The zero-order valence-electron chi connectivity index (χ0n) is 12.8. The highest BCUT2D eigenvalue weighted by Gasteiger charge is 2.33. The lowest BCUT2D eigenvalue weighted by Gasteiger charge is -2.26. The predicted molar refractivity (Wildman–Crippen MR) is 81.4 cm³/mol. The van der Waals surface area contributed by atoms with Gasteiger partial charge in [-0.1, -0.05) is 32.8 Å². The van der Waals surface area contributed by atoms with Crippen molar-refractivity contribution in [3.8, 4) is 0 Å². The zero-order chi connectivity index (χ0) is 15.9. The molecule has 2 nitrogen and oxygen atoms in total. The summed E-state index contributed by atoms with van der Waals surface area (Å²) in [6, 6.07) is 4.50. The maximum absolute atomic E-state index is 13.1. The van der Waals surface area contributed by atoms with Gasteiger partial charge in [0.25, 0.3) is 0 Å². The van der Waals surface area contributed by atoms with E-state index in [4.69, 9.17) is 5.73 Å². The normalized spacial score (nSPS) is 11.7. The third-order valence-electron chi connectivity index (χ3n) is 3.55. The van der Waals surface area contributed by atoms with Gasteiger partial charge >= 0.3 is 6.18 Å². The molecule has 0 aliphatic rings. The van der Waals surface area contributed by atoms with Crippen LogP contribution in [0.4, 0.5) is 18.9 Å². The van der Waals surface area contributed by atoms with Gasteiger partial charge in [0.2, 0.25) is 0 Å². The predicted octanol–water partition coefficient (Wildman–Crippen LogP) is 4.57. The first-order valence-corrected chi connectivity index (χ1v) is 7.59. The molecule has 21 heavy (non-hydrogen) atoms. The first kappa shape index (κ1) is 17.8. The second kappa shape index (κ2) is 8.27. The van der Waals surface area contributed by atoms with Gasteiger partial charge in [0, 0.05) is 25.3 Å². The van der Waals surface area contributed by atoms with E-state index in [1.165, 1.54) is 12.1 Å². The molecule has 2 N–H and O–H groups in total. The van der Waals surface area contributed by atoms with Gasteiger partial charge < -0.3 is 10.6 Å². The van der Waals surface area contributed by atoms with E-state index in [9.17, 15) is 13.2 Å². The summed E-state index contributed by atoms with van der Waals surface area (Å²) in [5.41, 5.74) is 5.60. The van der Waals surface area contributed by atoms with Crippen molar-refractivity contribution in [2.75, 3.05) is 18.0 Å². The number of anilines is 1. The number of rotatable bonds is 8. The highest BCUT2D eigenvalue weighted by molar-refractivity contribution is 5.52. The Bertz CT molecular complexity index is 422. The molecule has 1 aromatic carbocycles. The summed E-state index contributed by atoms with van der Waals surface area (Å²) < 4.78 is 39.3. The van der Waals surface area contributed by atoms with E-state index in [0.717, 1.165) is 38.8 Å². The number of alkyl halides is 3. The molecule has 0 fully saturated rings. The molecule has 0 saturated heterocycles. The van der Waals surface area contributed by atoms with E-state index in [2.05, 4.69) is 13.8 Å². The molecular weight excluding hydrogens is 277 g/mol. The standard InChI is InChI=1S/C16H25F3N2/c1-3-5-9-21(10-6-4-2)14-8-7-13(12-20)15(11-14)16(17,18)19/h7-8,11H,3-6,9-10,12,20H2,1-2H3. The van der Waals surface area contributed by atoms with Crippen molar-refractivity contribution in [3.63, 3.8) is 0 Å². The van der Waals surface area contributed by atoms with Crippen molar-refractivity contribution in [1.29, 1.82) is 0 Å². The van der Waals surface area contributed by atoms with Crippen molar-refractivity contribution in [2.45, 2.75) is 52.3 Å².